The number of amides is 1. The van der Waals surface area contributed by atoms with E-state index in [1.807, 2.05) is 0 Å². The van der Waals surface area contributed by atoms with Gasteiger partial charge in [-0.3, -0.25) is 4.79 Å². The third-order valence-electron chi connectivity index (χ3n) is 5.44. The number of carbonyl (C=O) groups excluding carboxylic acids is 1. The van der Waals surface area contributed by atoms with Crippen LogP contribution in [0.5, 0.6) is 0 Å². The Morgan fingerprint density at radius 1 is 1.14 bits per heavy atom. The van der Waals surface area contributed by atoms with E-state index in [0.29, 0.717) is 12.1 Å². The monoisotopic (exact) mass is 324 g/mol. The van der Waals surface area contributed by atoms with Gasteiger partial charge in [-0.2, -0.15) is 0 Å². The summed E-state index contributed by atoms with van der Waals surface area (Å²) in [5.41, 5.74) is 0.629. The molecule has 0 spiro atoms. The average molecular weight is 325 g/mol. The van der Waals surface area contributed by atoms with Crippen LogP contribution in [0.2, 0.25) is 0 Å². The Bertz CT molecular complexity index is 544. The Labute approximate surface area is 136 Å². The van der Waals surface area contributed by atoms with Crippen molar-refractivity contribution in [3.8, 4) is 0 Å². The minimum absolute atomic E-state index is 0. The van der Waals surface area contributed by atoms with Crippen molar-refractivity contribution in [1.29, 1.82) is 0 Å². The topological polar surface area (TPSA) is 32.3 Å². The lowest BCUT2D eigenvalue weighted by molar-refractivity contribution is -0.136. The van der Waals surface area contributed by atoms with Gasteiger partial charge in [0.2, 0.25) is 5.91 Å². The SMILES string of the molecule is Cl.O=C(N1C2CCNCC1CC2)C1(c2ccc(F)cc2)CC1. The molecule has 1 aromatic carbocycles. The molecule has 0 radical (unpaired) electrons. The zero-order chi connectivity index (χ0) is 14.4. The minimum atomic E-state index is -0.362. The van der Waals surface area contributed by atoms with Crippen molar-refractivity contribution < 1.29 is 9.18 Å². The lowest BCUT2D eigenvalue weighted by atomic mass is 9.93. The number of fused-ring (bicyclic) bond motifs is 2. The molecule has 120 valence electrons. The number of carbonyl (C=O) groups is 1. The number of hydrogen-bond acceptors (Lipinski definition) is 2. The molecule has 2 unspecified atom stereocenters. The standard InChI is InChI=1S/C17H21FN2O.ClH/c18-13-3-1-12(2-4-13)17(8-9-17)16(21)20-14-5-6-15(20)11-19-10-7-14;/h1-4,14-15,19H,5-11H2;1H. The molecule has 1 aromatic rings. The Morgan fingerprint density at radius 3 is 2.50 bits per heavy atom. The maximum atomic E-state index is 13.2. The van der Waals surface area contributed by atoms with Crippen molar-refractivity contribution in [3.05, 3.63) is 35.6 Å². The van der Waals surface area contributed by atoms with Gasteiger partial charge < -0.3 is 10.2 Å². The smallest absolute Gasteiger partial charge is 0.233 e. The Balaban J connectivity index is 0.00000144. The van der Waals surface area contributed by atoms with E-state index in [9.17, 15) is 9.18 Å². The summed E-state index contributed by atoms with van der Waals surface area (Å²) >= 11 is 0. The highest BCUT2D eigenvalue weighted by Crippen LogP contribution is 2.51. The molecule has 1 saturated carbocycles. The maximum absolute atomic E-state index is 13.2. The van der Waals surface area contributed by atoms with E-state index < -0.39 is 0 Å². The molecule has 5 heteroatoms. The van der Waals surface area contributed by atoms with Crippen molar-refractivity contribution in [2.75, 3.05) is 13.1 Å². The summed E-state index contributed by atoms with van der Waals surface area (Å²) in [7, 11) is 0. The van der Waals surface area contributed by atoms with E-state index in [4.69, 9.17) is 0 Å². The van der Waals surface area contributed by atoms with E-state index in [0.717, 1.165) is 50.8 Å². The van der Waals surface area contributed by atoms with Gasteiger partial charge in [0.25, 0.3) is 0 Å². The molecule has 2 saturated heterocycles. The fourth-order valence-corrected chi connectivity index (χ4v) is 4.08. The molecule has 2 aliphatic heterocycles. The third kappa shape index (κ3) is 2.42. The van der Waals surface area contributed by atoms with E-state index in [-0.39, 0.29) is 29.5 Å². The molecule has 2 heterocycles. The second kappa shape index (κ2) is 5.82. The summed E-state index contributed by atoms with van der Waals surface area (Å²) in [6.45, 7) is 1.93. The van der Waals surface area contributed by atoms with Crippen molar-refractivity contribution >= 4 is 18.3 Å². The zero-order valence-corrected chi connectivity index (χ0v) is 13.4. The third-order valence-corrected chi connectivity index (χ3v) is 5.44. The summed E-state index contributed by atoms with van der Waals surface area (Å²) in [5, 5.41) is 3.44. The predicted octanol–water partition coefficient (Wildman–Crippen LogP) is 2.63. The number of halogens is 2. The molecule has 0 aromatic heterocycles. The van der Waals surface area contributed by atoms with E-state index >= 15 is 0 Å². The highest BCUT2D eigenvalue weighted by molar-refractivity contribution is 5.92. The van der Waals surface area contributed by atoms with Gasteiger partial charge in [-0.25, -0.2) is 4.39 Å². The molecular formula is C17H22ClFN2O. The highest BCUT2D eigenvalue weighted by atomic mass is 35.5. The number of benzene rings is 1. The fraction of sp³-hybridized carbons (Fsp3) is 0.588. The van der Waals surface area contributed by atoms with Gasteiger partial charge >= 0.3 is 0 Å². The van der Waals surface area contributed by atoms with Crippen LogP contribution >= 0.6 is 12.4 Å². The van der Waals surface area contributed by atoms with Crippen molar-refractivity contribution in [3.63, 3.8) is 0 Å². The van der Waals surface area contributed by atoms with Crippen LogP contribution in [0.4, 0.5) is 4.39 Å². The first-order valence-corrected chi connectivity index (χ1v) is 8.00. The van der Waals surface area contributed by atoms with E-state index in [1.54, 1.807) is 12.1 Å². The first kappa shape index (κ1) is 15.8. The Kier molecular flexibility index (Phi) is 4.17. The zero-order valence-electron chi connectivity index (χ0n) is 12.6. The van der Waals surface area contributed by atoms with Crippen LogP contribution in [0.1, 0.15) is 37.7 Å². The molecule has 1 aliphatic carbocycles. The summed E-state index contributed by atoms with van der Waals surface area (Å²) in [6.07, 6.45) is 5.11. The molecule has 22 heavy (non-hydrogen) atoms. The molecule has 3 nitrogen and oxygen atoms in total. The molecule has 4 rings (SSSR count). The summed E-state index contributed by atoms with van der Waals surface area (Å²) < 4.78 is 13.1. The molecule has 1 N–H and O–H groups in total. The van der Waals surface area contributed by atoms with Crippen LogP contribution in [0.15, 0.2) is 24.3 Å². The number of hydrogen-bond donors (Lipinski definition) is 1. The summed E-state index contributed by atoms with van der Waals surface area (Å²) in [6, 6.07) is 7.28. The molecule has 2 bridgehead atoms. The number of rotatable bonds is 2. The second-order valence-corrected chi connectivity index (χ2v) is 6.68. The summed E-state index contributed by atoms with van der Waals surface area (Å²) in [5.74, 6) is 0.0475. The van der Waals surface area contributed by atoms with Crippen molar-refractivity contribution in [1.82, 2.24) is 10.2 Å². The predicted molar refractivity (Wildman–Crippen MR) is 85.7 cm³/mol. The van der Waals surface area contributed by atoms with Gasteiger partial charge in [0.15, 0.2) is 0 Å². The quantitative estimate of drug-likeness (QED) is 0.907. The van der Waals surface area contributed by atoms with Crippen molar-refractivity contribution in [2.24, 2.45) is 0 Å². The van der Waals surface area contributed by atoms with Crippen molar-refractivity contribution in [2.45, 2.75) is 49.6 Å². The molecule has 3 aliphatic rings. The van der Waals surface area contributed by atoms with Crippen LogP contribution < -0.4 is 5.32 Å². The molecular weight excluding hydrogens is 303 g/mol. The second-order valence-electron chi connectivity index (χ2n) is 6.68. The van der Waals surface area contributed by atoms with Gasteiger partial charge in [0.05, 0.1) is 5.41 Å². The first-order valence-electron chi connectivity index (χ1n) is 8.00. The maximum Gasteiger partial charge on any atom is 0.233 e. The minimum Gasteiger partial charge on any atom is -0.335 e. The van der Waals surface area contributed by atoms with Gasteiger partial charge in [0.1, 0.15) is 5.82 Å². The summed E-state index contributed by atoms with van der Waals surface area (Å²) in [4.78, 5) is 15.3. The number of nitrogens with one attached hydrogen (secondary N) is 1. The fourth-order valence-electron chi connectivity index (χ4n) is 4.08. The van der Waals surface area contributed by atoms with Gasteiger partial charge in [0, 0.05) is 18.6 Å². The van der Waals surface area contributed by atoms with Crippen LogP contribution in [-0.4, -0.2) is 36.0 Å². The van der Waals surface area contributed by atoms with Crippen LogP contribution in [0.3, 0.4) is 0 Å². The van der Waals surface area contributed by atoms with Gasteiger partial charge in [-0.1, -0.05) is 12.1 Å². The van der Waals surface area contributed by atoms with Crippen LogP contribution in [-0.2, 0) is 10.2 Å². The first-order chi connectivity index (χ1) is 10.2. The Morgan fingerprint density at radius 2 is 1.82 bits per heavy atom. The van der Waals surface area contributed by atoms with E-state index in [1.165, 1.54) is 12.1 Å². The molecule has 1 amide bonds. The largest absolute Gasteiger partial charge is 0.335 e. The van der Waals surface area contributed by atoms with Crippen LogP contribution in [0, 0.1) is 5.82 Å². The Hall–Kier alpha value is -1.13. The normalized spacial score (nSPS) is 28.7. The van der Waals surface area contributed by atoms with Gasteiger partial charge in [-0.05, 0) is 56.3 Å². The number of nitrogens with zero attached hydrogens (tertiary/aromatic N) is 1. The van der Waals surface area contributed by atoms with E-state index in [2.05, 4.69) is 10.2 Å². The highest BCUT2D eigenvalue weighted by Gasteiger charge is 2.55. The lowest BCUT2D eigenvalue weighted by Gasteiger charge is -2.32. The molecule has 3 fully saturated rings. The lowest BCUT2D eigenvalue weighted by Crippen LogP contribution is -2.47. The van der Waals surface area contributed by atoms with Gasteiger partial charge in [-0.15, -0.1) is 12.4 Å². The molecule has 2 atom stereocenters. The average Bonchev–Trinajstić information content (AvgIpc) is 3.20. The van der Waals surface area contributed by atoms with Crippen LogP contribution in [0.25, 0.3) is 0 Å².